The molecule has 2 atom stereocenters. The lowest BCUT2D eigenvalue weighted by Gasteiger charge is -2.19. The molecule has 1 saturated carbocycles. The Hall–Kier alpha value is -1.69. The maximum absolute atomic E-state index is 12.2. The predicted molar refractivity (Wildman–Crippen MR) is 81.1 cm³/mol. The normalized spacial score (nSPS) is 25.3. The maximum atomic E-state index is 12.2. The minimum atomic E-state index is -0.138. The number of carbonyl (C=O) groups is 1. The van der Waals surface area contributed by atoms with Crippen LogP contribution in [0, 0.1) is 5.92 Å². The zero-order valence-electron chi connectivity index (χ0n) is 12.3. The summed E-state index contributed by atoms with van der Waals surface area (Å²) in [6.07, 6.45) is 5.64. The van der Waals surface area contributed by atoms with Crippen molar-refractivity contribution in [2.75, 3.05) is 24.5 Å². The molecule has 1 amide bonds. The highest BCUT2D eigenvalue weighted by Crippen LogP contribution is 2.24. The van der Waals surface area contributed by atoms with Crippen molar-refractivity contribution < 1.29 is 4.79 Å². The van der Waals surface area contributed by atoms with Gasteiger partial charge in [0.1, 0.15) is 0 Å². The average Bonchev–Trinajstić information content (AvgIpc) is 3.18. The number of anilines is 1. The van der Waals surface area contributed by atoms with E-state index in [4.69, 9.17) is 5.73 Å². The fourth-order valence-corrected chi connectivity index (χ4v) is 3.31. The molecule has 2 heterocycles. The van der Waals surface area contributed by atoms with Gasteiger partial charge in [-0.1, -0.05) is 6.42 Å². The molecule has 0 radical (unpaired) electrons. The highest BCUT2D eigenvalue weighted by molar-refractivity contribution is 5.92. The standard InChI is InChI=1S/C15H23N5O/c16-10-11-4-3-5-12(11)17-15(21)13-6-7-14(19-18-13)20-8-1-2-9-20/h6-7,11-12H,1-5,8-10,16H2,(H,17,21). The van der Waals surface area contributed by atoms with E-state index in [0.29, 0.717) is 18.2 Å². The van der Waals surface area contributed by atoms with Gasteiger partial charge >= 0.3 is 0 Å². The molecule has 1 aromatic rings. The molecule has 0 aromatic carbocycles. The van der Waals surface area contributed by atoms with Crippen molar-refractivity contribution in [3.05, 3.63) is 17.8 Å². The third kappa shape index (κ3) is 3.15. The van der Waals surface area contributed by atoms with Crippen LogP contribution in [0.3, 0.4) is 0 Å². The van der Waals surface area contributed by atoms with Gasteiger partial charge in [0.15, 0.2) is 11.5 Å². The molecule has 1 aliphatic carbocycles. The summed E-state index contributed by atoms with van der Waals surface area (Å²) in [5.74, 6) is 1.12. The van der Waals surface area contributed by atoms with Crippen molar-refractivity contribution in [1.29, 1.82) is 0 Å². The molecule has 3 N–H and O–H groups in total. The number of nitrogens with one attached hydrogen (secondary N) is 1. The molecule has 2 fully saturated rings. The summed E-state index contributed by atoms with van der Waals surface area (Å²) < 4.78 is 0. The van der Waals surface area contributed by atoms with Crippen molar-refractivity contribution in [2.24, 2.45) is 11.7 Å². The Balaban J connectivity index is 1.62. The molecule has 2 aliphatic rings. The van der Waals surface area contributed by atoms with Gasteiger partial charge in [-0.15, -0.1) is 10.2 Å². The first-order valence-corrected chi connectivity index (χ1v) is 7.87. The van der Waals surface area contributed by atoms with Crippen LogP contribution in [0.2, 0.25) is 0 Å². The van der Waals surface area contributed by atoms with Gasteiger partial charge in [-0.2, -0.15) is 0 Å². The molecule has 21 heavy (non-hydrogen) atoms. The summed E-state index contributed by atoms with van der Waals surface area (Å²) in [6, 6.07) is 3.84. The summed E-state index contributed by atoms with van der Waals surface area (Å²) in [7, 11) is 0. The highest BCUT2D eigenvalue weighted by atomic mass is 16.2. The number of rotatable bonds is 4. The van der Waals surface area contributed by atoms with Gasteiger partial charge < -0.3 is 16.0 Å². The van der Waals surface area contributed by atoms with E-state index < -0.39 is 0 Å². The second-order valence-corrected chi connectivity index (χ2v) is 5.98. The lowest BCUT2D eigenvalue weighted by Crippen LogP contribution is -2.40. The second kappa shape index (κ2) is 6.39. The molecule has 2 unspecified atom stereocenters. The minimum absolute atomic E-state index is 0.138. The van der Waals surface area contributed by atoms with Crippen molar-refractivity contribution in [3.63, 3.8) is 0 Å². The van der Waals surface area contributed by atoms with E-state index >= 15 is 0 Å². The Morgan fingerprint density at radius 1 is 1.24 bits per heavy atom. The van der Waals surface area contributed by atoms with Gasteiger partial charge in [0.2, 0.25) is 0 Å². The van der Waals surface area contributed by atoms with Crippen LogP contribution in [-0.2, 0) is 0 Å². The topological polar surface area (TPSA) is 84.1 Å². The van der Waals surface area contributed by atoms with Crippen LogP contribution in [0.1, 0.15) is 42.6 Å². The van der Waals surface area contributed by atoms with Crippen LogP contribution in [0.4, 0.5) is 5.82 Å². The maximum Gasteiger partial charge on any atom is 0.272 e. The van der Waals surface area contributed by atoms with Crippen molar-refractivity contribution in [2.45, 2.75) is 38.1 Å². The first kappa shape index (κ1) is 14.3. The first-order chi connectivity index (χ1) is 10.3. The smallest absolute Gasteiger partial charge is 0.272 e. The first-order valence-electron chi connectivity index (χ1n) is 7.87. The third-order valence-electron chi connectivity index (χ3n) is 4.59. The Morgan fingerprint density at radius 3 is 2.71 bits per heavy atom. The van der Waals surface area contributed by atoms with E-state index in [0.717, 1.165) is 38.2 Å². The lowest BCUT2D eigenvalue weighted by atomic mass is 10.0. The zero-order chi connectivity index (χ0) is 14.7. The Labute approximate surface area is 125 Å². The third-order valence-corrected chi connectivity index (χ3v) is 4.59. The molecule has 1 aliphatic heterocycles. The van der Waals surface area contributed by atoms with E-state index in [1.807, 2.05) is 6.07 Å². The van der Waals surface area contributed by atoms with Crippen LogP contribution in [-0.4, -0.2) is 41.8 Å². The van der Waals surface area contributed by atoms with Crippen LogP contribution in [0.15, 0.2) is 12.1 Å². The van der Waals surface area contributed by atoms with Crippen LogP contribution in [0.5, 0.6) is 0 Å². The van der Waals surface area contributed by atoms with Crippen molar-refractivity contribution >= 4 is 11.7 Å². The van der Waals surface area contributed by atoms with Crippen LogP contribution < -0.4 is 16.0 Å². The van der Waals surface area contributed by atoms with E-state index in [-0.39, 0.29) is 11.9 Å². The average molecular weight is 289 g/mol. The SMILES string of the molecule is NCC1CCCC1NC(=O)c1ccc(N2CCCC2)nn1. The summed E-state index contributed by atoms with van der Waals surface area (Å²) in [6.45, 7) is 2.69. The zero-order valence-corrected chi connectivity index (χ0v) is 12.3. The van der Waals surface area contributed by atoms with Gasteiger partial charge in [0.05, 0.1) is 0 Å². The van der Waals surface area contributed by atoms with Gasteiger partial charge in [-0.3, -0.25) is 4.79 Å². The van der Waals surface area contributed by atoms with Gasteiger partial charge in [-0.05, 0) is 50.3 Å². The molecule has 6 heteroatoms. The Morgan fingerprint density at radius 2 is 2.05 bits per heavy atom. The molecule has 0 bridgehead atoms. The number of aromatic nitrogens is 2. The largest absolute Gasteiger partial charge is 0.355 e. The number of nitrogens with zero attached hydrogens (tertiary/aromatic N) is 3. The number of hydrogen-bond acceptors (Lipinski definition) is 5. The number of nitrogens with two attached hydrogens (primary N) is 1. The summed E-state index contributed by atoms with van der Waals surface area (Å²) >= 11 is 0. The quantitative estimate of drug-likeness (QED) is 0.861. The summed E-state index contributed by atoms with van der Waals surface area (Å²) in [5.41, 5.74) is 6.13. The van der Waals surface area contributed by atoms with E-state index in [1.165, 1.54) is 12.8 Å². The monoisotopic (exact) mass is 289 g/mol. The van der Waals surface area contributed by atoms with Gasteiger partial charge in [-0.25, -0.2) is 0 Å². The fraction of sp³-hybridized carbons (Fsp3) is 0.667. The van der Waals surface area contributed by atoms with Gasteiger partial charge in [0.25, 0.3) is 5.91 Å². The number of amides is 1. The lowest BCUT2D eigenvalue weighted by molar-refractivity contribution is 0.0922. The van der Waals surface area contributed by atoms with Crippen molar-refractivity contribution in [1.82, 2.24) is 15.5 Å². The highest BCUT2D eigenvalue weighted by Gasteiger charge is 2.28. The predicted octanol–water partition coefficient (Wildman–Crippen LogP) is 0.934. The number of carbonyl (C=O) groups excluding carboxylic acids is 1. The molecule has 1 aromatic heterocycles. The van der Waals surface area contributed by atoms with E-state index in [1.54, 1.807) is 6.07 Å². The molecular formula is C15H23N5O. The Bertz CT molecular complexity index is 483. The van der Waals surface area contributed by atoms with E-state index in [2.05, 4.69) is 20.4 Å². The summed E-state index contributed by atoms with van der Waals surface area (Å²) in [5, 5.41) is 11.3. The van der Waals surface area contributed by atoms with Crippen LogP contribution in [0.25, 0.3) is 0 Å². The second-order valence-electron chi connectivity index (χ2n) is 5.98. The molecule has 6 nitrogen and oxygen atoms in total. The Kier molecular flexibility index (Phi) is 4.34. The van der Waals surface area contributed by atoms with E-state index in [9.17, 15) is 4.79 Å². The summed E-state index contributed by atoms with van der Waals surface area (Å²) in [4.78, 5) is 14.4. The fourth-order valence-electron chi connectivity index (χ4n) is 3.31. The molecule has 0 spiro atoms. The van der Waals surface area contributed by atoms with Crippen LogP contribution >= 0.6 is 0 Å². The molecule has 114 valence electrons. The molecule has 1 saturated heterocycles. The van der Waals surface area contributed by atoms with Crippen molar-refractivity contribution in [3.8, 4) is 0 Å². The molecular weight excluding hydrogens is 266 g/mol. The molecule has 3 rings (SSSR count). The van der Waals surface area contributed by atoms with Gasteiger partial charge in [0, 0.05) is 19.1 Å². The minimum Gasteiger partial charge on any atom is -0.355 e. The number of hydrogen-bond donors (Lipinski definition) is 2.